The number of likely N-dealkylation sites (tertiary alicyclic amines) is 1. The summed E-state index contributed by atoms with van der Waals surface area (Å²) in [5, 5.41) is 0. The molecule has 2 heteroatoms. The van der Waals surface area contributed by atoms with Crippen LogP contribution in [0.15, 0.2) is 35.3 Å². The molecule has 0 bridgehead atoms. The van der Waals surface area contributed by atoms with Crippen molar-refractivity contribution in [2.45, 2.75) is 47.5 Å². The number of thioether (sulfide) groups is 1. The summed E-state index contributed by atoms with van der Waals surface area (Å²) in [7, 11) is 2.23. The van der Waals surface area contributed by atoms with Gasteiger partial charge in [-0.2, -0.15) is 0 Å². The SMILES string of the molecule is C=C/C=C\C1=C(C)SCC12CCN(C)CC2.CC.CC. The average Bonchev–Trinajstić information content (AvgIpc) is 2.81. The first-order valence-corrected chi connectivity index (χ1v) is 8.98. The highest BCUT2D eigenvalue weighted by Gasteiger charge is 2.40. The van der Waals surface area contributed by atoms with Crippen LogP contribution in [-0.4, -0.2) is 30.8 Å². The van der Waals surface area contributed by atoms with Crippen LogP contribution in [-0.2, 0) is 0 Å². The summed E-state index contributed by atoms with van der Waals surface area (Å²) in [5.74, 6) is 1.28. The zero-order chi connectivity index (χ0) is 15.6. The fourth-order valence-electron chi connectivity index (χ4n) is 2.69. The molecule has 1 nitrogen and oxygen atoms in total. The molecule has 0 unspecified atom stereocenters. The van der Waals surface area contributed by atoms with Gasteiger partial charge in [-0.15, -0.1) is 11.8 Å². The Morgan fingerprint density at radius 3 is 2.20 bits per heavy atom. The van der Waals surface area contributed by atoms with Gasteiger partial charge in [-0.3, -0.25) is 0 Å². The van der Waals surface area contributed by atoms with E-state index in [2.05, 4.69) is 37.6 Å². The van der Waals surface area contributed by atoms with Crippen molar-refractivity contribution in [1.29, 1.82) is 0 Å². The molecule has 1 spiro atoms. The summed E-state index contributed by atoms with van der Waals surface area (Å²) in [6, 6.07) is 0. The van der Waals surface area contributed by atoms with Gasteiger partial charge in [0, 0.05) is 11.2 Å². The van der Waals surface area contributed by atoms with Gasteiger partial charge in [0.2, 0.25) is 0 Å². The van der Waals surface area contributed by atoms with Crippen LogP contribution in [0.1, 0.15) is 47.5 Å². The minimum atomic E-state index is 0.459. The second-order valence-corrected chi connectivity index (χ2v) is 6.13. The molecule has 1 saturated heterocycles. The number of allylic oxidation sites excluding steroid dienone is 5. The molecule has 0 aromatic carbocycles. The maximum absolute atomic E-state index is 3.77. The van der Waals surface area contributed by atoms with Gasteiger partial charge in [-0.25, -0.2) is 0 Å². The Kier molecular flexibility index (Phi) is 10.0. The van der Waals surface area contributed by atoms with Crippen molar-refractivity contribution in [3.63, 3.8) is 0 Å². The van der Waals surface area contributed by atoms with Crippen LogP contribution in [0, 0.1) is 5.41 Å². The molecule has 20 heavy (non-hydrogen) atoms. The number of hydrogen-bond donors (Lipinski definition) is 0. The van der Waals surface area contributed by atoms with Gasteiger partial charge >= 0.3 is 0 Å². The summed E-state index contributed by atoms with van der Waals surface area (Å²) in [4.78, 5) is 3.96. The summed E-state index contributed by atoms with van der Waals surface area (Å²) in [6.07, 6.45) is 8.87. The van der Waals surface area contributed by atoms with E-state index in [0.29, 0.717) is 5.41 Å². The standard InChI is InChI=1S/C14H21NS.2C2H6/c1-4-5-6-13-12(2)16-11-14(13)7-9-15(3)10-8-14;2*1-2/h4-6H,1,7-11H2,2-3H3;2*1-2H3/b6-5-;;. The van der Waals surface area contributed by atoms with Gasteiger partial charge in [-0.1, -0.05) is 52.5 Å². The number of nitrogens with zero attached hydrogens (tertiary/aromatic N) is 1. The fraction of sp³-hybridized carbons (Fsp3) is 0.667. The van der Waals surface area contributed by atoms with Gasteiger partial charge in [0.1, 0.15) is 0 Å². The Labute approximate surface area is 131 Å². The largest absolute Gasteiger partial charge is 0.306 e. The minimum absolute atomic E-state index is 0.459. The van der Waals surface area contributed by atoms with Gasteiger partial charge in [0.05, 0.1) is 0 Å². The van der Waals surface area contributed by atoms with Crippen molar-refractivity contribution in [2.24, 2.45) is 5.41 Å². The van der Waals surface area contributed by atoms with Crippen LogP contribution >= 0.6 is 11.8 Å². The third-order valence-corrected chi connectivity index (χ3v) is 5.21. The Balaban J connectivity index is 0.000000829. The van der Waals surface area contributed by atoms with E-state index >= 15 is 0 Å². The molecule has 0 aromatic rings. The van der Waals surface area contributed by atoms with Gasteiger partial charge in [0.25, 0.3) is 0 Å². The van der Waals surface area contributed by atoms with Crippen molar-refractivity contribution in [2.75, 3.05) is 25.9 Å². The maximum Gasteiger partial charge on any atom is 0.00789 e. The van der Waals surface area contributed by atoms with Crippen LogP contribution in [0.2, 0.25) is 0 Å². The van der Waals surface area contributed by atoms with E-state index in [0.717, 1.165) is 0 Å². The third-order valence-electron chi connectivity index (χ3n) is 3.86. The molecule has 0 aromatic heterocycles. The third kappa shape index (κ3) is 4.82. The zero-order valence-corrected chi connectivity index (χ0v) is 15.1. The second-order valence-electron chi connectivity index (χ2n) is 4.94. The molecule has 2 aliphatic heterocycles. The lowest BCUT2D eigenvalue weighted by molar-refractivity contribution is 0.179. The Morgan fingerprint density at radius 1 is 1.15 bits per heavy atom. The van der Waals surface area contributed by atoms with Crippen LogP contribution in [0.25, 0.3) is 0 Å². The van der Waals surface area contributed by atoms with Crippen LogP contribution in [0.5, 0.6) is 0 Å². The molecular formula is C18H33NS. The molecule has 1 fully saturated rings. The van der Waals surface area contributed by atoms with E-state index in [1.165, 1.54) is 36.6 Å². The second kappa shape index (κ2) is 10.3. The Bertz CT molecular complexity index is 333. The van der Waals surface area contributed by atoms with Gasteiger partial charge < -0.3 is 4.90 Å². The van der Waals surface area contributed by atoms with Crippen molar-refractivity contribution in [3.05, 3.63) is 35.3 Å². The van der Waals surface area contributed by atoms with E-state index < -0.39 is 0 Å². The molecule has 0 N–H and O–H groups in total. The summed E-state index contributed by atoms with van der Waals surface area (Å²) < 4.78 is 0. The predicted octanol–water partition coefficient (Wildman–Crippen LogP) is 5.51. The number of piperidine rings is 1. The van der Waals surface area contributed by atoms with Crippen LogP contribution in [0.3, 0.4) is 0 Å². The van der Waals surface area contributed by atoms with E-state index in [-0.39, 0.29) is 0 Å². The molecule has 116 valence electrons. The van der Waals surface area contributed by atoms with E-state index in [4.69, 9.17) is 0 Å². The first kappa shape index (κ1) is 19.5. The highest BCUT2D eigenvalue weighted by Crippen LogP contribution is 2.51. The molecule has 0 atom stereocenters. The van der Waals surface area contributed by atoms with Crippen molar-refractivity contribution in [3.8, 4) is 0 Å². The van der Waals surface area contributed by atoms with Gasteiger partial charge in [0.15, 0.2) is 0 Å². The van der Waals surface area contributed by atoms with Crippen LogP contribution in [0.4, 0.5) is 0 Å². The molecule has 2 rings (SSSR count). The Hall–Kier alpha value is -0.470. The Morgan fingerprint density at radius 2 is 1.70 bits per heavy atom. The lowest BCUT2D eigenvalue weighted by Crippen LogP contribution is -2.39. The van der Waals surface area contributed by atoms with E-state index in [9.17, 15) is 0 Å². The summed E-state index contributed by atoms with van der Waals surface area (Å²) in [6.45, 7) is 16.5. The first-order chi connectivity index (χ1) is 9.68. The monoisotopic (exact) mass is 295 g/mol. The molecule has 2 heterocycles. The quantitative estimate of drug-likeness (QED) is 0.618. The maximum atomic E-state index is 3.77. The lowest BCUT2D eigenvalue weighted by atomic mass is 9.74. The summed E-state index contributed by atoms with van der Waals surface area (Å²) >= 11 is 2.04. The number of rotatable bonds is 2. The minimum Gasteiger partial charge on any atom is -0.306 e. The molecule has 0 aliphatic carbocycles. The molecule has 0 radical (unpaired) electrons. The molecule has 2 aliphatic rings. The topological polar surface area (TPSA) is 3.24 Å². The highest BCUT2D eigenvalue weighted by atomic mass is 32.2. The normalized spacial score (nSPS) is 21.3. The van der Waals surface area contributed by atoms with E-state index in [1.54, 1.807) is 5.57 Å². The van der Waals surface area contributed by atoms with Crippen LogP contribution < -0.4 is 0 Å². The highest BCUT2D eigenvalue weighted by molar-refractivity contribution is 8.03. The fourth-order valence-corrected chi connectivity index (χ4v) is 4.07. The first-order valence-electron chi connectivity index (χ1n) is 8.00. The summed E-state index contributed by atoms with van der Waals surface area (Å²) in [5.41, 5.74) is 2.03. The van der Waals surface area contributed by atoms with Gasteiger partial charge in [-0.05, 0) is 50.4 Å². The van der Waals surface area contributed by atoms with Crippen molar-refractivity contribution >= 4 is 11.8 Å². The lowest BCUT2D eigenvalue weighted by Gasteiger charge is -2.38. The molecule has 0 amide bonds. The number of hydrogen-bond acceptors (Lipinski definition) is 2. The van der Waals surface area contributed by atoms with Crippen molar-refractivity contribution in [1.82, 2.24) is 4.90 Å². The van der Waals surface area contributed by atoms with E-state index in [1.807, 2.05) is 45.5 Å². The predicted molar refractivity (Wildman–Crippen MR) is 96.4 cm³/mol. The smallest absolute Gasteiger partial charge is 0.00789 e. The molecule has 0 saturated carbocycles. The average molecular weight is 296 g/mol. The molecular weight excluding hydrogens is 262 g/mol. The zero-order valence-electron chi connectivity index (χ0n) is 14.3. The van der Waals surface area contributed by atoms with Crippen molar-refractivity contribution < 1.29 is 0 Å².